The molecule has 0 bridgehead atoms. The SMILES string of the molecule is COc1cccc(NC(=O)C2CC(c3ccccc3)CN(Cc3ccccc3Cl)C2)c1. The van der Waals surface area contributed by atoms with Gasteiger partial charge in [0.25, 0.3) is 0 Å². The molecule has 2 unspecified atom stereocenters. The molecule has 1 saturated heterocycles. The van der Waals surface area contributed by atoms with E-state index in [0.717, 1.165) is 41.5 Å². The minimum atomic E-state index is -0.118. The molecule has 31 heavy (non-hydrogen) atoms. The van der Waals surface area contributed by atoms with E-state index in [1.54, 1.807) is 7.11 Å². The molecule has 2 atom stereocenters. The summed E-state index contributed by atoms with van der Waals surface area (Å²) >= 11 is 6.41. The van der Waals surface area contributed by atoms with Crippen LogP contribution in [0.5, 0.6) is 5.75 Å². The highest BCUT2D eigenvalue weighted by atomic mass is 35.5. The Kier molecular flexibility index (Phi) is 6.90. The summed E-state index contributed by atoms with van der Waals surface area (Å²) < 4.78 is 5.28. The van der Waals surface area contributed by atoms with Crippen molar-refractivity contribution >= 4 is 23.2 Å². The lowest BCUT2D eigenvalue weighted by atomic mass is 9.84. The van der Waals surface area contributed by atoms with E-state index in [4.69, 9.17) is 16.3 Å². The molecule has 0 aromatic heterocycles. The van der Waals surface area contributed by atoms with Gasteiger partial charge in [-0.25, -0.2) is 0 Å². The van der Waals surface area contributed by atoms with Crippen LogP contribution in [-0.2, 0) is 11.3 Å². The summed E-state index contributed by atoms with van der Waals surface area (Å²) in [4.78, 5) is 15.5. The Morgan fingerprint density at radius 3 is 2.58 bits per heavy atom. The van der Waals surface area contributed by atoms with Crippen molar-refractivity contribution in [1.29, 1.82) is 0 Å². The third kappa shape index (κ3) is 5.46. The van der Waals surface area contributed by atoms with E-state index >= 15 is 0 Å². The van der Waals surface area contributed by atoms with Crippen LogP contribution in [0, 0.1) is 5.92 Å². The topological polar surface area (TPSA) is 41.6 Å². The number of likely N-dealkylation sites (tertiary alicyclic amines) is 1. The van der Waals surface area contributed by atoms with Crippen molar-refractivity contribution in [3.05, 3.63) is 95.0 Å². The molecule has 160 valence electrons. The molecule has 1 fully saturated rings. The van der Waals surface area contributed by atoms with E-state index in [-0.39, 0.29) is 11.8 Å². The minimum Gasteiger partial charge on any atom is -0.497 e. The maximum absolute atomic E-state index is 13.2. The Labute approximate surface area is 188 Å². The number of benzene rings is 3. The van der Waals surface area contributed by atoms with Gasteiger partial charge in [0.1, 0.15) is 5.75 Å². The Bertz CT molecular complexity index is 1020. The van der Waals surface area contributed by atoms with Gasteiger partial charge in [0, 0.05) is 36.4 Å². The number of methoxy groups -OCH3 is 1. The van der Waals surface area contributed by atoms with Crippen LogP contribution in [-0.4, -0.2) is 31.0 Å². The Balaban J connectivity index is 1.53. The summed E-state index contributed by atoms with van der Waals surface area (Å²) in [6.07, 6.45) is 0.818. The summed E-state index contributed by atoms with van der Waals surface area (Å²) in [5.74, 6) is 0.938. The zero-order valence-electron chi connectivity index (χ0n) is 17.6. The molecule has 3 aromatic carbocycles. The number of halogens is 1. The number of nitrogens with zero attached hydrogens (tertiary/aromatic N) is 1. The first kappa shape index (κ1) is 21.4. The van der Waals surface area contributed by atoms with Crippen LogP contribution in [0.2, 0.25) is 5.02 Å². The lowest BCUT2D eigenvalue weighted by molar-refractivity contribution is -0.121. The van der Waals surface area contributed by atoms with Crippen molar-refractivity contribution in [3.63, 3.8) is 0 Å². The smallest absolute Gasteiger partial charge is 0.228 e. The molecular weight excluding hydrogens is 408 g/mol. The van der Waals surface area contributed by atoms with Crippen molar-refractivity contribution < 1.29 is 9.53 Å². The molecule has 3 aromatic rings. The molecule has 0 aliphatic carbocycles. The molecule has 1 heterocycles. The van der Waals surface area contributed by atoms with Gasteiger partial charge in [-0.1, -0.05) is 66.2 Å². The van der Waals surface area contributed by atoms with Crippen molar-refractivity contribution in [3.8, 4) is 5.75 Å². The predicted octanol–water partition coefficient (Wildman–Crippen LogP) is 5.59. The first-order chi connectivity index (χ1) is 15.1. The molecule has 4 nitrogen and oxygen atoms in total. The molecule has 1 aliphatic rings. The standard InChI is InChI=1S/C26H27ClN2O2/c1-31-24-12-7-11-23(15-24)28-26(30)22-14-21(19-8-3-2-4-9-19)17-29(18-22)16-20-10-5-6-13-25(20)27/h2-13,15,21-22H,14,16-18H2,1H3,(H,28,30). The minimum absolute atomic E-state index is 0.0399. The van der Waals surface area contributed by atoms with Crippen molar-refractivity contribution in [2.45, 2.75) is 18.9 Å². The van der Waals surface area contributed by atoms with Crippen LogP contribution >= 0.6 is 11.6 Å². The maximum atomic E-state index is 13.2. The average molecular weight is 435 g/mol. The van der Waals surface area contributed by atoms with Gasteiger partial charge in [0.15, 0.2) is 0 Å². The summed E-state index contributed by atoms with van der Waals surface area (Å²) in [6.45, 7) is 2.33. The fourth-order valence-electron chi connectivity index (χ4n) is 4.29. The number of hydrogen-bond acceptors (Lipinski definition) is 3. The van der Waals surface area contributed by atoms with Gasteiger partial charge in [-0.3, -0.25) is 9.69 Å². The Morgan fingerprint density at radius 2 is 1.81 bits per heavy atom. The molecule has 1 amide bonds. The van der Waals surface area contributed by atoms with Gasteiger partial charge < -0.3 is 10.1 Å². The van der Waals surface area contributed by atoms with Gasteiger partial charge >= 0.3 is 0 Å². The highest BCUT2D eigenvalue weighted by Crippen LogP contribution is 2.32. The van der Waals surface area contributed by atoms with E-state index < -0.39 is 0 Å². The van der Waals surface area contributed by atoms with Crippen molar-refractivity contribution in [2.24, 2.45) is 5.92 Å². The molecule has 4 rings (SSSR count). The Hall–Kier alpha value is -2.82. The lowest BCUT2D eigenvalue weighted by Gasteiger charge is -2.37. The second-order valence-corrected chi connectivity index (χ2v) is 8.45. The average Bonchev–Trinajstić information content (AvgIpc) is 2.81. The lowest BCUT2D eigenvalue weighted by Crippen LogP contribution is -2.43. The quantitative estimate of drug-likeness (QED) is 0.549. The highest BCUT2D eigenvalue weighted by molar-refractivity contribution is 6.31. The fraction of sp³-hybridized carbons (Fsp3) is 0.269. The monoisotopic (exact) mass is 434 g/mol. The van der Waals surface area contributed by atoms with E-state index in [9.17, 15) is 4.79 Å². The van der Waals surface area contributed by atoms with Gasteiger partial charge in [0.2, 0.25) is 5.91 Å². The van der Waals surface area contributed by atoms with Gasteiger partial charge in [-0.05, 0) is 41.7 Å². The first-order valence-electron chi connectivity index (χ1n) is 10.6. The number of rotatable bonds is 6. The van der Waals surface area contributed by atoms with E-state index in [1.807, 2.05) is 48.5 Å². The van der Waals surface area contributed by atoms with E-state index in [2.05, 4.69) is 40.5 Å². The Morgan fingerprint density at radius 1 is 1.03 bits per heavy atom. The number of carbonyl (C=O) groups excluding carboxylic acids is 1. The second kappa shape index (κ2) is 9.99. The third-order valence-electron chi connectivity index (χ3n) is 5.86. The van der Waals surface area contributed by atoms with E-state index in [0.29, 0.717) is 12.5 Å². The number of amides is 1. The number of carbonyl (C=O) groups is 1. The van der Waals surface area contributed by atoms with Gasteiger partial charge in [0.05, 0.1) is 13.0 Å². The number of piperidine rings is 1. The zero-order chi connectivity index (χ0) is 21.6. The summed E-state index contributed by atoms with van der Waals surface area (Å²) in [5.41, 5.74) is 3.11. The summed E-state index contributed by atoms with van der Waals surface area (Å²) in [7, 11) is 1.62. The van der Waals surface area contributed by atoms with Crippen LogP contribution in [0.1, 0.15) is 23.5 Å². The number of ether oxygens (including phenoxy) is 1. The van der Waals surface area contributed by atoms with Crippen molar-refractivity contribution in [2.75, 3.05) is 25.5 Å². The predicted molar refractivity (Wildman–Crippen MR) is 126 cm³/mol. The molecule has 0 saturated carbocycles. The van der Waals surface area contributed by atoms with Crippen LogP contribution in [0.3, 0.4) is 0 Å². The van der Waals surface area contributed by atoms with Crippen LogP contribution < -0.4 is 10.1 Å². The third-order valence-corrected chi connectivity index (χ3v) is 6.23. The molecule has 0 radical (unpaired) electrons. The van der Waals surface area contributed by atoms with Crippen LogP contribution in [0.4, 0.5) is 5.69 Å². The number of anilines is 1. The van der Waals surface area contributed by atoms with E-state index in [1.165, 1.54) is 5.56 Å². The highest BCUT2D eigenvalue weighted by Gasteiger charge is 2.32. The van der Waals surface area contributed by atoms with Gasteiger partial charge in [-0.2, -0.15) is 0 Å². The number of hydrogen-bond donors (Lipinski definition) is 1. The fourth-order valence-corrected chi connectivity index (χ4v) is 4.48. The molecule has 1 N–H and O–H groups in total. The first-order valence-corrected chi connectivity index (χ1v) is 11.0. The molecule has 5 heteroatoms. The molecule has 1 aliphatic heterocycles. The van der Waals surface area contributed by atoms with Crippen molar-refractivity contribution in [1.82, 2.24) is 4.90 Å². The second-order valence-electron chi connectivity index (χ2n) is 8.05. The normalized spacial score (nSPS) is 19.0. The van der Waals surface area contributed by atoms with Crippen LogP contribution in [0.15, 0.2) is 78.9 Å². The zero-order valence-corrected chi connectivity index (χ0v) is 18.4. The van der Waals surface area contributed by atoms with Gasteiger partial charge in [-0.15, -0.1) is 0 Å². The largest absolute Gasteiger partial charge is 0.497 e. The van der Waals surface area contributed by atoms with Crippen LogP contribution in [0.25, 0.3) is 0 Å². The summed E-state index contributed by atoms with van der Waals surface area (Å²) in [5, 5.41) is 3.85. The summed E-state index contributed by atoms with van der Waals surface area (Å²) in [6, 6.07) is 25.9. The maximum Gasteiger partial charge on any atom is 0.228 e. The molecule has 0 spiro atoms. The molecular formula is C26H27ClN2O2. The number of nitrogens with one attached hydrogen (secondary N) is 1.